The number of ether oxygens (including phenoxy) is 7. The van der Waals surface area contributed by atoms with Crippen LogP contribution in [-0.2, 0) is 38.0 Å². The van der Waals surface area contributed by atoms with Crippen LogP contribution < -0.4 is 0 Å². The van der Waals surface area contributed by atoms with Crippen molar-refractivity contribution in [2.75, 3.05) is 13.7 Å². The summed E-state index contributed by atoms with van der Waals surface area (Å²) >= 11 is 0. The van der Waals surface area contributed by atoms with Crippen molar-refractivity contribution in [3.05, 3.63) is 59.3 Å². The van der Waals surface area contributed by atoms with Gasteiger partial charge in [-0.15, -0.1) is 0 Å². The van der Waals surface area contributed by atoms with Gasteiger partial charge in [0.15, 0.2) is 12.1 Å². The summed E-state index contributed by atoms with van der Waals surface area (Å²) in [6.07, 6.45) is 10.2. The second-order valence-electron chi connectivity index (χ2n) is 16.1. The van der Waals surface area contributed by atoms with Gasteiger partial charge in [-0.3, -0.25) is 4.79 Å². The van der Waals surface area contributed by atoms with E-state index in [9.17, 15) is 20.1 Å². The van der Waals surface area contributed by atoms with E-state index in [1.807, 2.05) is 39.0 Å². The molecule has 0 saturated carbocycles. The number of hydrogen-bond acceptors (Lipinski definition) is 11. The summed E-state index contributed by atoms with van der Waals surface area (Å²) in [5.74, 6) is -2.44. The number of aliphatic hydroxyl groups excluding tert-OH is 2. The lowest BCUT2D eigenvalue weighted by molar-refractivity contribution is -0.300. The second kappa shape index (κ2) is 15.9. The number of hydrogen-bond donors (Lipinski definition) is 3. The highest BCUT2D eigenvalue weighted by Crippen LogP contribution is 2.47. The lowest BCUT2D eigenvalue weighted by Crippen LogP contribution is -2.58. The Morgan fingerprint density at radius 2 is 1.81 bits per heavy atom. The van der Waals surface area contributed by atoms with E-state index >= 15 is 0 Å². The Hall–Kier alpha value is -2.19. The Balaban J connectivity index is 1.38. The Morgan fingerprint density at radius 3 is 2.54 bits per heavy atom. The molecular formula is C41H60O11. The first-order chi connectivity index (χ1) is 24.7. The molecule has 52 heavy (non-hydrogen) atoms. The molecule has 5 aliphatic heterocycles. The van der Waals surface area contributed by atoms with Crippen molar-refractivity contribution in [2.24, 2.45) is 23.7 Å². The fourth-order valence-electron chi connectivity index (χ4n) is 8.87. The molecule has 2 bridgehead atoms. The van der Waals surface area contributed by atoms with Crippen molar-refractivity contribution in [2.45, 2.75) is 153 Å². The number of carbonyl (C=O) groups is 1. The number of aliphatic hydroxyl groups is 3. The van der Waals surface area contributed by atoms with Gasteiger partial charge >= 0.3 is 5.97 Å². The zero-order valence-corrected chi connectivity index (χ0v) is 32.0. The minimum atomic E-state index is -1.81. The fourth-order valence-corrected chi connectivity index (χ4v) is 8.87. The van der Waals surface area contributed by atoms with E-state index in [0.717, 1.165) is 12.0 Å². The lowest BCUT2D eigenvalue weighted by Gasteiger charge is -2.48. The Morgan fingerprint density at radius 1 is 1.04 bits per heavy atom. The smallest absolute Gasteiger partial charge is 0.316 e. The summed E-state index contributed by atoms with van der Waals surface area (Å²) < 4.78 is 44.4. The highest BCUT2D eigenvalue weighted by Gasteiger charge is 2.60. The maximum absolute atomic E-state index is 14.2. The number of fused-ring (bicyclic) bond motifs is 2. The third-order valence-corrected chi connectivity index (χ3v) is 12.3. The van der Waals surface area contributed by atoms with E-state index in [0.29, 0.717) is 36.8 Å². The molecule has 11 nitrogen and oxygen atoms in total. The molecule has 0 aromatic rings. The van der Waals surface area contributed by atoms with Gasteiger partial charge in [-0.1, -0.05) is 70.6 Å². The van der Waals surface area contributed by atoms with Crippen molar-refractivity contribution in [1.29, 1.82) is 0 Å². The van der Waals surface area contributed by atoms with Crippen molar-refractivity contribution in [1.82, 2.24) is 0 Å². The van der Waals surface area contributed by atoms with Crippen LogP contribution in [0.15, 0.2) is 59.3 Å². The van der Waals surface area contributed by atoms with E-state index in [4.69, 9.17) is 33.2 Å². The van der Waals surface area contributed by atoms with Crippen molar-refractivity contribution in [3.8, 4) is 0 Å². The van der Waals surface area contributed by atoms with Gasteiger partial charge in [-0.2, -0.15) is 0 Å². The minimum Gasteiger partial charge on any atom is -0.462 e. The average molecular weight is 729 g/mol. The third kappa shape index (κ3) is 7.68. The van der Waals surface area contributed by atoms with E-state index in [1.165, 1.54) is 0 Å². The van der Waals surface area contributed by atoms with Crippen LogP contribution >= 0.6 is 0 Å². The first kappa shape index (κ1) is 39.5. The molecule has 16 atom stereocenters. The zero-order valence-electron chi connectivity index (χ0n) is 32.0. The molecule has 3 N–H and O–H groups in total. The van der Waals surface area contributed by atoms with Crippen molar-refractivity contribution >= 4 is 5.97 Å². The van der Waals surface area contributed by atoms with Crippen LogP contribution in [-0.4, -0.2) is 108 Å². The molecule has 1 aliphatic carbocycles. The SMILES string of the molecule is CC[C@H](C)[C@H]1O[C@]2(C=C[C@@H]1C)C[C@@H]1C[C@@H](CC=C(C)[C@@H](O[C@H]3C[C@H](OC)[C@@H](O)[C@H](C)O3)[C@@H](C)/C=C/C=C3\CO[C@@H]4[C@H](O)C(C)=C[C@@H](C(=O)O1)[C@]34O)O2. The predicted molar refractivity (Wildman–Crippen MR) is 193 cm³/mol. The number of carbonyl (C=O) groups excluding carboxylic acids is 1. The third-order valence-electron chi connectivity index (χ3n) is 12.3. The Bertz CT molecular complexity index is 1450. The summed E-state index contributed by atoms with van der Waals surface area (Å²) in [7, 11) is 1.58. The summed E-state index contributed by atoms with van der Waals surface area (Å²) in [4.78, 5) is 14.2. The zero-order chi connectivity index (χ0) is 37.5. The van der Waals surface area contributed by atoms with E-state index in [1.54, 1.807) is 26.2 Å². The van der Waals surface area contributed by atoms with Gasteiger partial charge in [0, 0.05) is 38.2 Å². The fraction of sp³-hybridized carbons (Fsp3) is 0.732. The molecule has 0 amide bonds. The number of methoxy groups -OCH3 is 1. The Labute approximate surface area is 308 Å². The van der Waals surface area contributed by atoms with Gasteiger partial charge in [0.25, 0.3) is 0 Å². The van der Waals surface area contributed by atoms with Crippen LogP contribution in [0.2, 0.25) is 0 Å². The van der Waals surface area contributed by atoms with Crippen LogP contribution in [0.25, 0.3) is 0 Å². The highest BCUT2D eigenvalue weighted by molar-refractivity contribution is 5.78. The van der Waals surface area contributed by atoms with E-state index in [2.05, 4.69) is 32.9 Å². The van der Waals surface area contributed by atoms with Crippen LogP contribution in [0.3, 0.4) is 0 Å². The Kier molecular flexibility index (Phi) is 12.1. The van der Waals surface area contributed by atoms with Crippen molar-refractivity contribution < 1.29 is 53.3 Å². The molecule has 5 heterocycles. The van der Waals surface area contributed by atoms with Gasteiger partial charge < -0.3 is 48.5 Å². The molecule has 3 fully saturated rings. The van der Waals surface area contributed by atoms with Crippen LogP contribution in [0.1, 0.15) is 80.6 Å². The van der Waals surface area contributed by atoms with E-state index < -0.39 is 72.3 Å². The number of allylic oxidation sites excluding steroid dienone is 2. The molecule has 0 unspecified atom stereocenters. The van der Waals surface area contributed by atoms with E-state index in [-0.39, 0.29) is 36.6 Å². The summed E-state index contributed by atoms with van der Waals surface area (Å²) in [5.41, 5.74) is 0.184. The van der Waals surface area contributed by atoms with Crippen LogP contribution in [0.4, 0.5) is 0 Å². The molecule has 6 rings (SSSR count). The quantitative estimate of drug-likeness (QED) is 0.265. The van der Waals surface area contributed by atoms with Gasteiger partial charge in [-0.05, 0) is 55.9 Å². The van der Waals surface area contributed by atoms with Crippen molar-refractivity contribution in [3.63, 3.8) is 0 Å². The summed E-state index contributed by atoms with van der Waals surface area (Å²) in [6.45, 7) is 14.2. The van der Waals surface area contributed by atoms with Gasteiger partial charge in [0.2, 0.25) is 0 Å². The second-order valence-corrected chi connectivity index (χ2v) is 16.1. The number of rotatable bonds is 5. The van der Waals surface area contributed by atoms with Gasteiger partial charge in [0.1, 0.15) is 35.9 Å². The molecule has 290 valence electrons. The molecule has 11 heteroatoms. The predicted octanol–water partition coefficient (Wildman–Crippen LogP) is 4.84. The standard InChI is InChI=1S/C41H60O11/c1-9-22(2)37-25(5)15-16-40(52-37)20-30-18-29(51-40)14-13-24(4)36(50-33-19-32(46-8)35(43)27(7)48-33)23(3)11-10-12-28-21-47-38-34(42)26(6)17-31(39(44)49-30)41(28,38)45/h10-13,15-17,22-23,25,27,29-38,42-43,45H,9,14,18-21H2,1-8H3/b11-10+,24-13?,28-12+/t22-,23-,25-,27-,29+,30-,31-,32-,33-,34+,35-,36-,37+,38+,40+,41+/m0/s1. The average Bonchev–Trinajstić information content (AvgIpc) is 3.45. The monoisotopic (exact) mass is 728 g/mol. The minimum absolute atomic E-state index is 0.0471. The normalized spacial score (nSPS) is 47.8. The first-order valence-electron chi connectivity index (χ1n) is 19.2. The largest absolute Gasteiger partial charge is 0.462 e. The van der Waals surface area contributed by atoms with Crippen LogP contribution in [0, 0.1) is 23.7 Å². The molecular weight excluding hydrogens is 668 g/mol. The number of esters is 1. The van der Waals surface area contributed by atoms with Crippen LogP contribution in [0.5, 0.6) is 0 Å². The molecule has 0 aromatic carbocycles. The summed E-state index contributed by atoms with van der Waals surface area (Å²) in [5, 5.41) is 34.1. The lowest BCUT2D eigenvalue weighted by atomic mass is 9.71. The maximum atomic E-state index is 14.2. The first-order valence-corrected chi connectivity index (χ1v) is 19.2. The highest BCUT2D eigenvalue weighted by atomic mass is 16.7. The summed E-state index contributed by atoms with van der Waals surface area (Å²) in [6, 6.07) is 0. The molecule has 6 aliphatic rings. The molecule has 0 radical (unpaired) electrons. The van der Waals surface area contributed by atoms with Gasteiger partial charge in [-0.25, -0.2) is 0 Å². The van der Waals surface area contributed by atoms with Gasteiger partial charge in [0.05, 0.1) is 37.1 Å². The topological polar surface area (TPSA) is 142 Å². The maximum Gasteiger partial charge on any atom is 0.316 e. The molecule has 1 spiro atoms. The molecule has 0 aromatic heterocycles. The molecule has 3 saturated heterocycles.